The smallest absolute Gasteiger partial charge is 0.417 e. The molecule has 0 aromatic heterocycles. The fourth-order valence-electron chi connectivity index (χ4n) is 1.49. The maximum atomic E-state index is 12.7. The zero-order valence-corrected chi connectivity index (χ0v) is 10.0. The highest BCUT2D eigenvalue weighted by atomic mass is 19.4. The maximum absolute atomic E-state index is 12.7. The molecule has 3 nitrogen and oxygen atoms in total. The molecule has 0 bridgehead atoms. The minimum absolute atomic E-state index is 0.101. The van der Waals surface area contributed by atoms with Gasteiger partial charge in [-0.25, -0.2) is 0 Å². The Kier molecular flexibility index (Phi) is 4.56. The molecule has 1 aromatic rings. The monoisotopic (exact) mass is 258 g/mol. The topological polar surface area (TPSA) is 45.0 Å². The van der Waals surface area contributed by atoms with Crippen molar-refractivity contribution < 1.29 is 17.9 Å². The first-order valence-electron chi connectivity index (χ1n) is 5.31. The molecule has 98 valence electrons. The highest BCUT2D eigenvalue weighted by Gasteiger charge is 2.34. The molecule has 1 rings (SSSR count). The first-order valence-corrected chi connectivity index (χ1v) is 5.31. The van der Waals surface area contributed by atoms with Crippen LogP contribution < -0.4 is 10.1 Å². The zero-order chi connectivity index (χ0) is 13.8. The fourth-order valence-corrected chi connectivity index (χ4v) is 1.49. The molecule has 6 heteroatoms. The van der Waals surface area contributed by atoms with Crippen molar-refractivity contribution in [2.24, 2.45) is 0 Å². The van der Waals surface area contributed by atoms with Crippen molar-refractivity contribution in [2.45, 2.75) is 19.2 Å². The van der Waals surface area contributed by atoms with Crippen molar-refractivity contribution >= 4 is 0 Å². The van der Waals surface area contributed by atoms with Gasteiger partial charge in [-0.3, -0.25) is 0 Å². The van der Waals surface area contributed by atoms with Crippen LogP contribution in [-0.4, -0.2) is 19.7 Å². The number of ether oxygens (including phenoxy) is 1. The van der Waals surface area contributed by atoms with E-state index in [1.807, 2.05) is 0 Å². The number of nitrogens with one attached hydrogen (secondary N) is 1. The SMILES string of the molecule is CNCC(C)Oc1ccc(C#N)c(C(F)(F)F)c1. The number of rotatable bonds is 4. The van der Waals surface area contributed by atoms with Gasteiger partial charge < -0.3 is 10.1 Å². The third-order valence-electron chi connectivity index (χ3n) is 2.25. The van der Waals surface area contributed by atoms with E-state index in [-0.39, 0.29) is 11.9 Å². The molecule has 0 aliphatic carbocycles. The molecule has 0 saturated carbocycles. The number of nitrogens with zero attached hydrogens (tertiary/aromatic N) is 1. The number of alkyl halides is 3. The van der Waals surface area contributed by atoms with Gasteiger partial charge in [0.05, 0.1) is 17.2 Å². The molecule has 0 aliphatic heterocycles. The van der Waals surface area contributed by atoms with Gasteiger partial charge in [0.25, 0.3) is 0 Å². The first kappa shape index (κ1) is 14.3. The van der Waals surface area contributed by atoms with E-state index in [9.17, 15) is 13.2 Å². The van der Waals surface area contributed by atoms with Crippen LogP contribution in [0.5, 0.6) is 5.75 Å². The van der Waals surface area contributed by atoms with Crippen molar-refractivity contribution in [1.82, 2.24) is 5.32 Å². The Morgan fingerprint density at radius 2 is 2.11 bits per heavy atom. The van der Waals surface area contributed by atoms with E-state index in [4.69, 9.17) is 10.00 Å². The summed E-state index contributed by atoms with van der Waals surface area (Å²) in [6.45, 7) is 2.25. The third kappa shape index (κ3) is 3.64. The van der Waals surface area contributed by atoms with Crippen LogP contribution in [0.25, 0.3) is 0 Å². The second-order valence-electron chi connectivity index (χ2n) is 3.80. The maximum Gasteiger partial charge on any atom is 0.417 e. The molecule has 1 N–H and O–H groups in total. The van der Waals surface area contributed by atoms with Gasteiger partial charge in [0.2, 0.25) is 0 Å². The number of nitriles is 1. The molecular weight excluding hydrogens is 245 g/mol. The summed E-state index contributed by atoms with van der Waals surface area (Å²) >= 11 is 0. The van der Waals surface area contributed by atoms with E-state index in [2.05, 4.69) is 5.32 Å². The number of hydrogen-bond acceptors (Lipinski definition) is 3. The number of benzene rings is 1. The summed E-state index contributed by atoms with van der Waals surface area (Å²) in [6, 6.07) is 4.85. The molecule has 0 amide bonds. The van der Waals surface area contributed by atoms with Gasteiger partial charge in [0.15, 0.2) is 0 Å². The van der Waals surface area contributed by atoms with Gasteiger partial charge in [-0.15, -0.1) is 0 Å². The van der Waals surface area contributed by atoms with Crippen LogP contribution in [0.2, 0.25) is 0 Å². The predicted molar refractivity (Wildman–Crippen MR) is 60.2 cm³/mol. The third-order valence-corrected chi connectivity index (χ3v) is 2.25. The molecule has 18 heavy (non-hydrogen) atoms. The number of likely N-dealkylation sites (N-methyl/N-ethyl adjacent to an activating group) is 1. The van der Waals surface area contributed by atoms with Gasteiger partial charge in [-0.2, -0.15) is 18.4 Å². The van der Waals surface area contributed by atoms with Crippen molar-refractivity contribution in [1.29, 1.82) is 5.26 Å². The molecule has 1 atom stereocenters. The van der Waals surface area contributed by atoms with Crippen LogP contribution in [0.15, 0.2) is 18.2 Å². The number of halogens is 3. The van der Waals surface area contributed by atoms with Crippen molar-refractivity contribution in [2.75, 3.05) is 13.6 Å². The summed E-state index contributed by atoms with van der Waals surface area (Å²) < 4.78 is 43.4. The van der Waals surface area contributed by atoms with E-state index in [1.54, 1.807) is 14.0 Å². The zero-order valence-electron chi connectivity index (χ0n) is 10.0. The van der Waals surface area contributed by atoms with Crippen LogP contribution >= 0.6 is 0 Å². The molecule has 0 fully saturated rings. The van der Waals surface area contributed by atoms with E-state index in [0.29, 0.717) is 6.54 Å². The summed E-state index contributed by atoms with van der Waals surface area (Å²) in [5, 5.41) is 11.5. The second-order valence-corrected chi connectivity index (χ2v) is 3.80. The Labute approximate surface area is 103 Å². The highest BCUT2D eigenvalue weighted by molar-refractivity contribution is 5.44. The normalized spacial score (nSPS) is 12.9. The average Bonchev–Trinajstić information content (AvgIpc) is 2.28. The van der Waals surface area contributed by atoms with E-state index in [0.717, 1.165) is 12.1 Å². The van der Waals surface area contributed by atoms with Gasteiger partial charge in [-0.1, -0.05) is 0 Å². The van der Waals surface area contributed by atoms with Crippen LogP contribution in [-0.2, 0) is 6.18 Å². The molecule has 0 aliphatic rings. The molecular formula is C12H13F3N2O. The van der Waals surface area contributed by atoms with Gasteiger partial charge in [0.1, 0.15) is 11.9 Å². The van der Waals surface area contributed by atoms with Crippen molar-refractivity contribution in [3.05, 3.63) is 29.3 Å². The Morgan fingerprint density at radius 3 is 2.61 bits per heavy atom. The molecule has 0 radical (unpaired) electrons. The van der Waals surface area contributed by atoms with Crippen molar-refractivity contribution in [3.8, 4) is 11.8 Å². The molecule has 0 spiro atoms. The summed E-state index contributed by atoms with van der Waals surface area (Å²) in [6.07, 6.45) is -4.82. The lowest BCUT2D eigenvalue weighted by Gasteiger charge is -2.16. The standard InChI is InChI=1S/C12H13F3N2O/c1-8(7-17-2)18-10-4-3-9(6-16)11(5-10)12(13,14)15/h3-5,8,17H,7H2,1-2H3. The van der Waals surface area contributed by atoms with Gasteiger partial charge >= 0.3 is 6.18 Å². The van der Waals surface area contributed by atoms with Crippen LogP contribution in [0, 0.1) is 11.3 Å². The predicted octanol–water partition coefficient (Wildman–Crippen LogP) is 2.56. The summed E-state index contributed by atoms with van der Waals surface area (Å²) in [4.78, 5) is 0. The minimum atomic E-state index is -4.56. The lowest BCUT2D eigenvalue weighted by molar-refractivity contribution is -0.137. The Morgan fingerprint density at radius 1 is 1.44 bits per heavy atom. The Hall–Kier alpha value is -1.74. The van der Waals surface area contributed by atoms with Crippen LogP contribution in [0.3, 0.4) is 0 Å². The van der Waals surface area contributed by atoms with Gasteiger partial charge in [-0.05, 0) is 32.2 Å². The Bertz CT molecular complexity index is 452. The largest absolute Gasteiger partial charge is 0.489 e. The Balaban J connectivity index is 3.01. The highest BCUT2D eigenvalue weighted by Crippen LogP contribution is 2.34. The lowest BCUT2D eigenvalue weighted by Crippen LogP contribution is -2.26. The van der Waals surface area contributed by atoms with E-state index < -0.39 is 17.3 Å². The van der Waals surface area contributed by atoms with E-state index in [1.165, 1.54) is 12.1 Å². The quantitative estimate of drug-likeness (QED) is 0.902. The summed E-state index contributed by atoms with van der Waals surface area (Å²) in [5.74, 6) is 0.101. The minimum Gasteiger partial charge on any atom is -0.489 e. The lowest BCUT2D eigenvalue weighted by atomic mass is 10.1. The van der Waals surface area contributed by atoms with Crippen LogP contribution in [0.1, 0.15) is 18.1 Å². The summed E-state index contributed by atoms with van der Waals surface area (Å²) in [7, 11) is 1.72. The number of hydrogen-bond donors (Lipinski definition) is 1. The first-order chi connectivity index (χ1) is 8.38. The summed E-state index contributed by atoms with van der Waals surface area (Å²) in [5.41, 5.74) is -1.38. The molecule has 1 aromatic carbocycles. The average molecular weight is 258 g/mol. The van der Waals surface area contributed by atoms with Crippen molar-refractivity contribution in [3.63, 3.8) is 0 Å². The fraction of sp³-hybridized carbons (Fsp3) is 0.417. The van der Waals surface area contributed by atoms with E-state index >= 15 is 0 Å². The molecule has 0 heterocycles. The van der Waals surface area contributed by atoms with Crippen LogP contribution in [0.4, 0.5) is 13.2 Å². The molecule has 0 saturated heterocycles. The molecule has 1 unspecified atom stereocenters. The van der Waals surface area contributed by atoms with Gasteiger partial charge in [0, 0.05) is 6.54 Å². The second kappa shape index (κ2) is 5.74.